The van der Waals surface area contributed by atoms with Crippen molar-refractivity contribution in [2.24, 2.45) is 0 Å². The highest BCUT2D eigenvalue weighted by Gasteiger charge is 1.98. The minimum absolute atomic E-state index is 0.637. The highest BCUT2D eigenvalue weighted by atomic mass is 15.1. The lowest BCUT2D eigenvalue weighted by atomic mass is 10.2. The molecule has 0 aliphatic rings. The summed E-state index contributed by atoms with van der Waals surface area (Å²) in [7, 11) is 1.85. The minimum atomic E-state index is 0.637. The van der Waals surface area contributed by atoms with E-state index in [-0.39, 0.29) is 0 Å². The minimum Gasteiger partial charge on any atom is -0.373 e. The van der Waals surface area contributed by atoms with Gasteiger partial charge in [0.1, 0.15) is 5.82 Å². The van der Waals surface area contributed by atoms with Gasteiger partial charge in [-0.15, -0.1) is 0 Å². The first-order valence-electron chi connectivity index (χ1n) is 5.43. The maximum atomic E-state index is 4.18. The van der Waals surface area contributed by atoms with E-state index in [2.05, 4.69) is 25.6 Å². The largest absolute Gasteiger partial charge is 0.373 e. The van der Waals surface area contributed by atoms with Gasteiger partial charge in [0.15, 0.2) is 0 Å². The molecule has 0 aromatic carbocycles. The van der Waals surface area contributed by atoms with Crippen molar-refractivity contribution in [3.8, 4) is 0 Å². The summed E-state index contributed by atoms with van der Waals surface area (Å²) in [6, 6.07) is 3.95. The Kier molecular flexibility index (Phi) is 3.49. The molecule has 5 heteroatoms. The molecule has 2 aromatic rings. The Morgan fingerprint density at radius 2 is 1.94 bits per heavy atom. The van der Waals surface area contributed by atoms with Crippen LogP contribution in [0.1, 0.15) is 11.1 Å². The fraction of sp³-hybridized carbons (Fsp3) is 0.250. The summed E-state index contributed by atoms with van der Waals surface area (Å²) < 4.78 is 0. The van der Waals surface area contributed by atoms with Crippen LogP contribution in [0, 0.1) is 6.92 Å². The van der Waals surface area contributed by atoms with Crippen molar-refractivity contribution < 1.29 is 0 Å². The van der Waals surface area contributed by atoms with E-state index in [1.165, 1.54) is 0 Å². The summed E-state index contributed by atoms with van der Waals surface area (Å²) in [4.78, 5) is 12.5. The van der Waals surface area contributed by atoms with Gasteiger partial charge in [-0.2, -0.15) is 0 Å². The molecule has 0 radical (unpaired) electrons. The van der Waals surface area contributed by atoms with Crippen LogP contribution < -0.4 is 10.6 Å². The van der Waals surface area contributed by atoms with E-state index in [0.717, 1.165) is 16.9 Å². The molecule has 2 aromatic heterocycles. The van der Waals surface area contributed by atoms with Crippen molar-refractivity contribution in [3.05, 3.63) is 41.9 Å². The van der Waals surface area contributed by atoms with Crippen LogP contribution in [0.2, 0.25) is 0 Å². The molecule has 0 aliphatic heterocycles. The van der Waals surface area contributed by atoms with Crippen molar-refractivity contribution in [2.75, 3.05) is 17.7 Å². The van der Waals surface area contributed by atoms with Crippen LogP contribution in [0.25, 0.3) is 0 Å². The fourth-order valence-corrected chi connectivity index (χ4v) is 1.39. The third kappa shape index (κ3) is 3.14. The van der Waals surface area contributed by atoms with E-state index < -0.39 is 0 Å². The van der Waals surface area contributed by atoms with E-state index in [4.69, 9.17) is 0 Å². The smallest absolute Gasteiger partial charge is 0.222 e. The molecule has 5 nitrogen and oxygen atoms in total. The number of nitrogens with one attached hydrogen (secondary N) is 2. The van der Waals surface area contributed by atoms with E-state index in [0.29, 0.717) is 12.5 Å². The van der Waals surface area contributed by atoms with Gasteiger partial charge in [0.05, 0.1) is 0 Å². The van der Waals surface area contributed by atoms with Gasteiger partial charge in [0, 0.05) is 32.2 Å². The molecule has 2 rings (SSSR count). The van der Waals surface area contributed by atoms with Gasteiger partial charge in [-0.25, -0.2) is 15.0 Å². The van der Waals surface area contributed by atoms with E-state index >= 15 is 0 Å². The predicted molar refractivity (Wildman–Crippen MR) is 67.9 cm³/mol. The average molecular weight is 229 g/mol. The average Bonchev–Trinajstić information content (AvgIpc) is 2.38. The number of rotatable bonds is 4. The lowest BCUT2D eigenvalue weighted by Gasteiger charge is -2.06. The van der Waals surface area contributed by atoms with Crippen molar-refractivity contribution in [3.63, 3.8) is 0 Å². The summed E-state index contributed by atoms with van der Waals surface area (Å²) in [6.07, 6.45) is 5.36. The lowest BCUT2D eigenvalue weighted by Crippen LogP contribution is -2.04. The third-order valence-electron chi connectivity index (χ3n) is 2.31. The molecule has 17 heavy (non-hydrogen) atoms. The summed E-state index contributed by atoms with van der Waals surface area (Å²) in [5.41, 5.74) is 2.19. The van der Waals surface area contributed by atoms with Gasteiger partial charge in [-0.05, 0) is 30.2 Å². The number of anilines is 2. The summed E-state index contributed by atoms with van der Waals surface area (Å²) >= 11 is 0. The van der Waals surface area contributed by atoms with Crippen molar-refractivity contribution >= 4 is 11.8 Å². The van der Waals surface area contributed by atoms with Crippen LogP contribution in [0.3, 0.4) is 0 Å². The molecule has 2 heterocycles. The Bertz CT molecular complexity index is 481. The Hall–Kier alpha value is -2.17. The molecule has 0 aliphatic carbocycles. The van der Waals surface area contributed by atoms with Crippen molar-refractivity contribution in [2.45, 2.75) is 13.5 Å². The number of aromatic nitrogens is 3. The maximum Gasteiger partial charge on any atom is 0.222 e. The molecular weight excluding hydrogens is 214 g/mol. The Balaban J connectivity index is 1.99. The monoisotopic (exact) mass is 229 g/mol. The molecular formula is C12H15N5. The van der Waals surface area contributed by atoms with Crippen LogP contribution >= 0.6 is 0 Å². The first-order chi connectivity index (χ1) is 8.28. The van der Waals surface area contributed by atoms with Crippen molar-refractivity contribution in [1.82, 2.24) is 15.0 Å². The fourth-order valence-electron chi connectivity index (χ4n) is 1.39. The molecule has 2 N–H and O–H groups in total. The second-order valence-electron chi connectivity index (χ2n) is 3.74. The number of pyridine rings is 1. The van der Waals surface area contributed by atoms with Crippen molar-refractivity contribution in [1.29, 1.82) is 0 Å². The maximum absolute atomic E-state index is 4.18. The molecule has 0 saturated carbocycles. The van der Waals surface area contributed by atoms with Crippen LogP contribution in [-0.2, 0) is 6.54 Å². The number of aryl methyl sites for hydroxylation is 1. The number of hydrogen-bond donors (Lipinski definition) is 2. The molecule has 0 amide bonds. The van der Waals surface area contributed by atoms with Crippen LogP contribution in [0.4, 0.5) is 11.8 Å². The standard InChI is InChI=1S/C12H15N5/c1-9-6-15-12(16-7-9)17-8-10-3-4-14-11(5-10)13-2/h3-7H,8H2,1-2H3,(H,13,14)(H,15,16,17). The van der Waals surface area contributed by atoms with Crippen LogP contribution in [0.15, 0.2) is 30.7 Å². The second-order valence-corrected chi connectivity index (χ2v) is 3.74. The molecule has 88 valence electrons. The van der Waals surface area contributed by atoms with Gasteiger partial charge in [0.2, 0.25) is 5.95 Å². The summed E-state index contributed by atoms with van der Waals surface area (Å²) in [6.45, 7) is 2.64. The van der Waals surface area contributed by atoms with Gasteiger partial charge < -0.3 is 10.6 Å². The summed E-state index contributed by atoms with van der Waals surface area (Å²) in [5.74, 6) is 1.49. The topological polar surface area (TPSA) is 62.7 Å². The van der Waals surface area contributed by atoms with Crippen LogP contribution in [-0.4, -0.2) is 22.0 Å². The highest BCUT2D eigenvalue weighted by molar-refractivity contribution is 5.38. The third-order valence-corrected chi connectivity index (χ3v) is 2.31. The number of nitrogens with zero attached hydrogens (tertiary/aromatic N) is 3. The molecule has 0 saturated heterocycles. The lowest BCUT2D eigenvalue weighted by molar-refractivity contribution is 1.04. The zero-order valence-electron chi connectivity index (χ0n) is 9.94. The van der Waals surface area contributed by atoms with Gasteiger partial charge in [-0.1, -0.05) is 0 Å². The Morgan fingerprint density at radius 3 is 2.65 bits per heavy atom. The van der Waals surface area contributed by atoms with Gasteiger partial charge >= 0.3 is 0 Å². The van der Waals surface area contributed by atoms with E-state index in [9.17, 15) is 0 Å². The predicted octanol–water partition coefficient (Wildman–Crippen LogP) is 1.83. The van der Waals surface area contributed by atoms with Crippen LogP contribution in [0.5, 0.6) is 0 Å². The first-order valence-corrected chi connectivity index (χ1v) is 5.43. The van der Waals surface area contributed by atoms with E-state index in [1.54, 1.807) is 18.6 Å². The van der Waals surface area contributed by atoms with Gasteiger partial charge in [0.25, 0.3) is 0 Å². The Morgan fingerprint density at radius 1 is 1.18 bits per heavy atom. The Labute approximate surface area is 100 Å². The molecule has 0 unspecified atom stereocenters. The zero-order valence-corrected chi connectivity index (χ0v) is 9.94. The quantitative estimate of drug-likeness (QED) is 0.837. The SMILES string of the molecule is CNc1cc(CNc2ncc(C)cn2)ccn1. The van der Waals surface area contributed by atoms with E-state index in [1.807, 2.05) is 26.1 Å². The molecule has 0 spiro atoms. The summed E-state index contributed by atoms with van der Waals surface area (Å²) in [5, 5.41) is 6.16. The second kappa shape index (κ2) is 5.25. The number of hydrogen-bond acceptors (Lipinski definition) is 5. The molecule has 0 fully saturated rings. The molecule has 0 bridgehead atoms. The molecule has 0 atom stereocenters. The van der Waals surface area contributed by atoms with Gasteiger partial charge in [-0.3, -0.25) is 0 Å². The normalized spacial score (nSPS) is 10.0. The zero-order chi connectivity index (χ0) is 12.1. The highest BCUT2D eigenvalue weighted by Crippen LogP contribution is 2.07. The first kappa shape index (κ1) is 11.3.